The number of ether oxygens (including phenoxy) is 2. The maximum absolute atomic E-state index is 13.4. The average molecular weight is 463 g/mol. The zero-order valence-corrected chi connectivity index (χ0v) is 19.0. The van der Waals surface area contributed by atoms with Crippen molar-refractivity contribution in [3.8, 4) is 0 Å². The predicted molar refractivity (Wildman–Crippen MR) is 123 cm³/mol. The normalized spacial score (nSPS) is 21.5. The second-order valence-corrected chi connectivity index (χ2v) is 9.09. The van der Waals surface area contributed by atoms with Crippen LogP contribution in [0, 0.1) is 0 Å². The highest BCUT2D eigenvalue weighted by Crippen LogP contribution is 2.40. The number of nitrogens with zero attached hydrogens (tertiary/aromatic N) is 1. The first-order valence-corrected chi connectivity index (χ1v) is 11.5. The monoisotopic (exact) mass is 462 g/mol. The number of hydrogen-bond acceptors (Lipinski definition) is 4. The van der Waals surface area contributed by atoms with E-state index in [1.165, 1.54) is 5.56 Å². The average Bonchev–Trinajstić information content (AvgIpc) is 2.79. The van der Waals surface area contributed by atoms with Crippen molar-refractivity contribution < 1.29 is 14.3 Å². The number of amides is 1. The van der Waals surface area contributed by atoms with Gasteiger partial charge in [0.15, 0.2) is 0 Å². The highest BCUT2D eigenvalue weighted by Gasteiger charge is 2.43. The first-order chi connectivity index (χ1) is 15.1. The molecule has 31 heavy (non-hydrogen) atoms. The quantitative estimate of drug-likeness (QED) is 0.702. The van der Waals surface area contributed by atoms with Crippen molar-refractivity contribution in [2.75, 3.05) is 39.5 Å². The number of rotatable bonds is 6. The molecule has 0 aromatic heterocycles. The fourth-order valence-corrected chi connectivity index (χ4v) is 5.07. The van der Waals surface area contributed by atoms with Gasteiger partial charge in [-0.2, -0.15) is 0 Å². The van der Waals surface area contributed by atoms with Crippen LogP contribution in [0.15, 0.2) is 48.5 Å². The lowest BCUT2D eigenvalue weighted by molar-refractivity contribution is -0.131. The summed E-state index contributed by atoms with van der Waals surface area (Å²) in [5.41, 5.74) is 1.39. The number of halogens is 2. The lowest BCUT2D eigenvalue weighted by Crippen LogP contribution is -2.52. The third kappa shape index (κ3) is 5.41. The molecular formula is C24H28Cl2N2O3. The summed E-state index contributed by atoms with van der Waals surface area (Å²) in [6, 6.07) is 15.8. The van der Waals surface area contributed by atoms with E-state index in [2.05, 4.69) is 34.5 Å². The van der Waals surface area contributed by atoms with E-state index in [1.54, 1.807) is 12.1 Å². The topological polar surface area (TPSA) is 50.8 Å². The Labute approximate surface area is 193 Å². The van der Waals surface area contributed by atoms with Gasteiger partial charge in [0.05, 0.1) is 18.1 Å². The maximum Gasteiger partial charge on any atom is 0.230 e. The van der Waals surface area contributed by atoms with E-state index in [1.807, 2.05) is 12.1 Å². The summed E-state index contributed by atoms with van der Waals surface area (Å²) in [5.74, 6) is -0.0243. The molecule has 2 aromatic carbocycles. The van der Waals surface area contributed by atoms with Crippen molar-refractivity contribution in [1.29, 1.82) is 0 Å². The zero-order valence-electron chi connectivity index (χ0n) is 17.5. The summed E-state index contributed by atoms with van der Waals surface area (Å²) >= 11 is 12.6. The van der Waals surface area contributed by atoms with Crippen molar-refractivity contribution in [1.82, 2.24) is 10.2 Å². The molecule has 1 unspecified atom stereocenters. The third-order valence-electron chi connectivity index (χ3n) is 6.19. The molecule has 2 aliphatic heterocycles. The van der Waals surface area contributed by atoms with Gasteiger partial charge in [-0.1, -0.05) is 59.6 Å². The molecule has 2 fully saturated rings. The second kappa shape index (κ2) is 10.3. The Hall–Kier alpha value is -1.63. The first kappa shape index (κ1) is 22.6. The smallest absolute Gasteiger partial charge is 0.230 e. The molecule has 0 bridgehead atoms. The van der Waals surface area contributed by atoms with Gasteiger partial charge in [0, 0.05) is 49.4 Å². The van der Waals surface area contributed by atoms with Crippen molar-refractivity contribution in [2.24, 2.45) is 0 Å². The van der Waals surface area contributed by atoms with E-state index in [0.29, 0.717) is 49.3 Å². The van der Waals surface area contributed by atoms with Gasteiger partial charge in [0.2, 0.25) is 5.91 Å². The largest absolute Gasteiger partial charge is 0.381 e. The number of carbonyl (C=O) groups excluding carboxylic acids is 1. The van der Waals surface area contributed by atoms with Crippen molar-refractivity contribution >= 4 is 29.1 Å². The maximum atomic E-state index is 13.4. The Morgan fingerprint density at radius 3 is 2.61 bits per heavy atom. The molecule has 2 aliphatic rings. The summed E-state index contributed by atoms with van der Waals surface area (Å²) in [6.07, 6.45) is 1.14. The minimum atomic E-state index is -0.710. The molecule has 5 nitrogen and oxygen atoms in total. The van der Waals surface area contributed by atoms with Gasteiger partial charge in [-0.3, -0.25) is 9.69 Å². The van der Waals surface area contributed by atoms with Crippen LogP contribution in [0.25, 0.3) is 0 Å². The number of benzene rings is 2. The van der Waals surface area contributed by atoms with Gasteiger partial charge in [0.1, 0.15) is 0 Å². The Balaban J connectivity index is 1.41. The molecule has 166 valence electrons. The van der Waals surface area contributed by atoms with E-state index < -0.39 is 5.41 Å². The number of carbonyl (C=O) groups is 1. The summed E-state index contributed by atoms with van der Waals surface area (Å²) in [6.45, 7) is 4.74. The van der Waals surface area contributed by atoms with Gasteiger partial charge in [0.25, 0.3) is 0 Å². The fraction of sp³-hybridized carbons (Fsp3) is 0.458. The molecule has 1 N–H and O–H groups in total. The molecule has 2 saturated heterocycles. The van der Waals surface area contributed by atoms with Crippen molar-refractivity contribution in [2.45, 2.75) is 30.9 Å². The Bertz CT molecular complexity index is 888. The summed E-state index contributed by atoms with van der Waals surface area (Å²) < 4.78 is 11.5. The van der Waals surface area contributed by atoms with Gasteiger partial charge in [-0.15, -0.1) is 0 Å². The van der Waals surface area contributed by atoms with E-state index >= 15 is 0 Å². The van der Waals surface area contributed by atoms with E-state index in [4.69, 9.17) is 32.7 Å². The summed E-state index contributed by atoms with van der Waals surface area (Å²) in [4.78, 5) is 15.8. The van der Waals surface area contributed by atoms with E-state index in [9.17, 15) is 4.79 Å². The van der Waals surface area contributed by atoms with Crippen LogP contribution < -0.4 is 5.32 Å². The third-order valence-corrected chi connectivity index (χ3v) is 6.74. The summed E-state index contributed by atoms with van der Waals surface area (Å²) in [5, 5.41) is 4.23. The lowest BCUT2D eigenvalue weighted by atomic mass is 9.73. The van der Waals surface area contributed by atoms with Gasteiger partial charge in [-0.05, 0) is 36.1 Å². The highest BCUT2D eigenvalue weighted by molar-refractivity contribution is 6.35. The summed E-state index contributed by atoms with van der Waals surface area (Å²) in [7, 11) is 0. The Morgan fingerprint density at radius 1 is 1.10 bits per heavy atom. The van der Waals surface area contributed by atoms with Crippen molar-refractivity contribution in [3.63, 3.8) is 0 Å². The van der Waals surface area contributed by atoms with Crippen LogP contribution in [-0.2, 0) is 26.2 Å². The molecule has 2 heterocycles. The van der Waals surface area contributed by atoms with Crippen LogP contribution >= 0.6 is 23.2 Å². The predicted octanol–water partition coefficient (Wildman–Crippen LogP) is 4.06. The number of morpholine rings is 1. The molecule has 0 radical (unpaired) electrons. The lowest BCUT2D eigenvalue weighted by Gasteiger charge is -2.38. The molecule has 2 aromatic rings. The highest BCUT2D eigenvalue weighted by atomic mass is 35.5. The standard InChI is InChI=1S/C24H28Cl2N2O3/c25-19-6-7-21(22(26)14-19)24(8-11-30-12-9-24)23(29)27-15-20-17-28(10-13-31-20)16-18-4-2-1-3-5-18/h1-7,14,20H,8-13,15-17H2,(H,27,29). The minimum absolute atomic E-state index is 0.0243. The molecular weight excluding hydrogens is 435 g/mol. The molecule has 1 atom stereocenters. The van der Waals surface area contributed by atoms with Crippen LogP contribution in [0.4, 0.5) is 0 Å². The molecule has 0 saturated carbocycles. The van der Waals surface area contributed by atoms with Crippen LogP contribution in [-0.4, -0.2) is 56.4 Å². The molecule has 1 amide bonds. The van der Waals surface area contributed by atoms with Gasteiger partial charge >= 0.3 is 0 Å². The SMILES string of the molecule is O=C(NCC1CN(Cc2ccccc2)CCO1)C1(c2ccc(Cl)cc2Cl)CCOCC1. The molecule has 0 aliphatic carbocycles. The Kier molecular flexibility index (Phi) is 7.51. The second-order valence-electron chi connectivity index (χ2n) is 8.24. The molecule has 4 rings (SSSR count). The number of hydrogen-bond donors (Lipinski definition) is 1. The van der Waals surface area contributed by atoms with Gasteiger partial charge in [-0.25, -0.2) is 0 Å². The molecule has 0 spiro atoms. The van der Waals surface area contributed by atoms with Gasteiger partial charge < -0.3 is 14.8 Å². The first-order valence-electron chi connectivity index (χ1n) is 10.8. The molecule has 7 heteroatoms. The minimum Gasteiger partial charge on any atom is -0.381 e. The van der Waals surface area contributed by atoms with Crippen LogP contribution in [0.3, 0.4) is 0 Å². The fourth-order valence-electron chi connectivity index (χ4n) is 4.48. The van der Waals surface area contributed by atoms with Crippen molar-refractivity contribution in [3.05, 3.63) is 69.7 Å². The van der Waals surface area contributed by atoms with Crippen LogP contribution in [0.2, 0.25) is 10.0 Å². The zero-order chi connectivity index (χ0) is 21.7. The number of nitrogens with one attached hydrogen (secondary N) is 1. The van der Waals surface area contributed by atoms with Crippen LogP contribution in [0.1, 0.15) is 24.0 Å². The van der Waals surface area contributed by atoms with E-state index in [0.717, 1.165) is 25.2 Å². The van der Waals surface area contributed by atoms with E-state index in [-0.39, 0.29) is 12.0 Å². The van der Waals surface area contributed by atoms with Crippen LogP contribution in [0.5, 0.6) is 0 Å². The Morgan fingerprint density at radius 2 is 1.87 bits per heavy atom.